The first-order valence-corrected chi connectivity index (χ1v) is 15.3. The van der Waals surface area contributed by atoms with E-state index in [-0.39, 0.29) is 70.5 Å². The lowest BCUT2D eigenvalue weighted by atomic mass is 10.0. The molecular weight excluding hydrogens is 659 g/mol. The van der Waals surface area contributed by atoms with Crippen LogP contribution in [0.4, 0.5) is 20.2 Å². The van der Waals surface area contributed by atoms with Crippen LogP contribution in [0.25, 0.3) is 28.0 Å². The lowest BCUT2D eigenvalue weighted by molar-refractivity contribution is -0.128. The molecule has 1 atom stereocenters. The normalized spacial score (nSPS) is 15.0. The van der Waals surface area contributed by atoms with Gasteiger partial charge < -0.3 is 15.5 Å². The van der Waals surface area contributed by atoms with E-state index in [4.69, 9.17) is 40.5 Å². The first-order chi connectivity index (χ1) is 21.7. The van der Waals surface area contributed by atoms with Crippen molar-refractivity contribution in [3.05, 3.63) is 84.9 Å². The Labute approximate surface area is 278 Å². The molecule has 4 aromatic rings. The number of nitrogen functional groups attached to an aromatic ring is 1. The minimum Gasteiger partial charge on any atom is -0.396 e. The molecule has 0 saturated carbocycles. The number of nitriles is 1. The number of rotatable bonds is 5. The Morgan fingerprint density at radius 2 is 1.89 bits per heavy atom. The largest absolute Gasteiger partial charge is 0.396 e. The number of nitrogens with zero attached hydrogens (tertiary/aromatic N) is 6. The number of pyridine rings is 3. The van der Waals surface area contributed by atoms with Crippen molar-refractivity contribution in [2.75, 3.05) is 30.3 Å². The van der Waals surface area contributed by atoms with Gasteiger partial charge in [-0.05, 0) is 43.5 Å². The van der Waals surface area contributed by atoms with Gasteiger partial charge in [-0.25, -0.2) is 13.8 Å². The third kappa shape index (κ3) is 5.24. The molecule has 238 valence electrons. The molecule has 1 saturated heterocycles. The number of anilines is 2. The molecule has 1 aromatic carbocycles. The van der Waals surface area contributed by atoms with E-state index in [1.54, 1.807) is 24.1 Å². The number of hydrogen-bond acceptors (Lipinski definition) is 7. The maximum Gasteiger partial charge on any atom is 0.276 e. The van der Waals surface area contributed by atoms with Gasteiger partial charge in [-0.2, -0.15) is 5.26 Å². The maximum atomic E-state index is 15.5. The number of hydrogen-bond donors (Lipinski definition) is 1. The zero-order valence-electron chi connectivity index (χ0n) is 25.3. The summed E-state index contributed by atoms with van der Waals surface area (Å²) in [5.74, 6) is -3.29. The van der Waals surface area contributed by atoms with Crippen molar-refractivity contribution in [3.63, 3.8) is 0 Å². The Hall–Kier alpha value is -4.24. The van der Waals surface area contributed by atoms with Gasteiger partial charge in [-0.1, -0.05) is 55.2 Å². The standard InChI is InChI=1S/C32H28Cl3F2N7O2/c1-6-20(45)43-10-9-42(13-16(43)5)30-17-11-19(33)28(21-22(34)26(39)23(35)25(37)24(21)36)41-31(17)44(32(46)18(30)12-38)29-15(4)7-8-40-27(29)14(2)3/h6-8,11,14,16H,1,9-10,13,39H2,2-5H3/t16-/m1/s1. The summed E-state index contributed by atoms with van der Waals surface area (Å²) >= 11 is 19.0. The molecule has 1 aliphatic rings. The van der Waals surface area contributed by atoms with Crippen LogP contribution >= 0.6 is 34.8 Å². The highest BCUT2D eigenvalue weighted by Gasteiger charge is 2.33. The van der Waals surface area contributed by atoms with Crippen LogP contribution in [0.2, 0.25) is 15.1 Å². The van der Waals surface area contributed by atoms with E-state index in [2.05, 4.69) is 22.6 Å². The second-order valence-electron chi connectivity index (χ2n) is 11.3. The molecule has 5 rings (SSSR count). The van der Waals surface area contributed by atoms with Crippen molar-refractivity contribution in [2.45, 2.75) is 39.7 Å². The fourth-order valence-electron chi connectivity index (χ4n) is 5.83. The molecule has 3 aromatic heterocycles. The zero-order valence-corrected chi connectivity index (χ0v) is 27.5. The molecular formula is C32H28Cl3F2N7O2. The van der Waals surface area contributed by atoms with Crippen LogP contribution in [0.5, 0.6) is 0 Å². The molecule has 0 bridgehead atoms. The smallest absolute Gasteiger partial charge is 0.276 e. The summed E-state index contributed by atoms with van der Waals surface area (Å²) in [6.07, 6.45) is 2.84. The number of amides is 1. The van der Waals surface area contributed by atoms with Gasteiger partial charge >= 0.3 is 0 Å². The number of piperazine rings is 1. The molecule has 46 heavy (non-hydrogen) atoms. The Balaban J connectivity index is 1.94. The van der Waals surface area contributed by atoms with Crippen molar-refractivity contribution >= 4 is 63.1 Å². The van der Waals surface area contributed by atoms with E-state index >= 15 is 4.39 Å². The van der Waals surface area contributed by atoms with E-state index in [0.717, 1.165) is 0 Å². The van der Waals surface area contributed by atoms with Crippen LogP contribution in [-0.2, 0) is 4.79 Å². The van der Waals surface area contributed by atoms with E-state index in [1.807, 2.05) is 25.7 Å². The monoisotopic (exact) mass is 685 g/mol. The number of fused-ring (bicyclic) bond motifs is 1. The number of aromatic nitrogens is 3. The van der Waals surface area contributed by atoms with Gasteiger partial charge in [0.2, 0.25) is 5.91 Å². The van der Waals surface area contributed by atoms with Gasteiger partial charge in [0, 0.05) is 37.3 Å². The molecule has 0 unspecified atom stereocenters. The van der Waals surface area contributed by atoms with Crippen LogP contribution < -0.4 is 16.2 Å². The van der Waals surface area contributed by atoms with Gasteiger partial charge in [-0.15, -0.1) is 0 Å². The number of nitrogens with two attached hydrogens (primary N) is 1. The molecule has 2 N–H and O–H groups in total. The third-order valence-corrected chi connectivity index (χ3v) is 9.10. The van der Waals surface area contributed by atoms with Crippen molar-refractivity contribution in [3.8, 4) is 23.0 Å². The SMILES string of the molecule is C=CC(=O)N1CCN(c2c(C#N)c(=O)n(-c3c(C)ccnc3C(C)C)c3nc(-c4c(F)c(F)c(Cl)c(N)c4Cl)c(Cl)cc23)C[C@H]1C. The molecule has 0 aliphatic carbocycles. The second kappa shape index (κ2) is 12.5. The molecule has 1 amide bonds. The number of aryl methyl sites for hydroxylation is 1. The molecule has 4 heterocycles. The summed E-state index contributed by atoms with van der Waals surface area (Å²) in [5.41, 5.74) is 5.51. The average Bonchev–Trinajstić information content (AvgIpc) is 3.02. The van der Waals surface area contributed by atoms with Crippen molar-refractivity contribution in [2.24, 2.45) is 0 Å². The van der Waals surface area contributed by atoms with Gasteiger partial charge in [0.1, 0.15) is 22.3 Å². The third-order valence-electron chi connectivity index (χ3n) is 8.05. The lowest BCUT2D eigenvalue weighted by Crippen LogP contribution is -2.54. The average molecular weight is 687 g/mol. The van der Waals surface area contributed by atoms with Gasteiger partial charge in [0.05, 0.1) is 44.1 Å². The van der Waals surface area contributed by atoms with Crippen molar-refractivity contribution < 1.29 is 13.6 Å². The molecule has 1 aliphatic heterocycles. The zero-order chi connectivity index (χ0) is 33.8. The van der Waals surface area contributed by atoms with Crippen LogP contribution in [0.15, 0.2) is 35.8 Å². The molecule has 14 heteroatoms. The van der Waals surface area contributed by atoms with Gasteiger partial charge in [-0.3, -0.25) is 19.1 Å². The highest BCUT2D eigenvalue weighted by Crippen LogP contribution is 2.44. The van der Waals surface area contributed by atoms with Gasteiger partial charge in [0.15, 0.2) is 11.6 Å². The molecule has 9 nitrogen and oxygen atoms in total. The Bertz CT molecular complexity index is 2030. The summed E-state index contributed by atoms with van der Waals surface area (Å²) in [6.45, 7) is 11.8. The lowest BCUT2D eigenvalue weighted by Gasteiger charge is -2.41. The van der Waals surface area contributed by atoms with Crippen LogP contribution in [0, 0.1) is 29.9 Å². The Kier molecular flexibility index (Phi) is 9.01. The van der Waals surface area contributed by atoms with Crippen molar-refractivity contribution in [1.82, 2.24) is 19.4 Å². The highest BCUT2D eigenvalue weighted by atomic mass is 35.5. The van der Waals surface area contributed by atoms with Gasteiger partial charge in [0.25, 0.3) is 5.56 Å². The first kappa shape index (κ1) is 33.1. The van der Waals surface area contributed by atoms with Crippen LogP contribution in [-0.4, -0.2) is 51.0 Å². The summed E-state index contributed by atoms with van der Waals surface area (Å²) in [5, 5.41) is 9.44. The quantitative estimate of drug-likeness (QED) is 0.106. The molecule has 0 spiro atoms. The Morgan fingerprint density at radius 1 is 1.20 bits per heavy atom. The fraction of sp³-hybridized carbons (Fsp3) is 0.281. The minimum absolute atomic E-state index is 0.0157. The van der Waals surface area contributed by atoms with Crippen LogP contribution in [0.1, 0.15) is 43.5 Å². The van der Waals surface area contributed by atoms with E-state index in [0.29, 0.717) is 16.9 Å². The van der Waals surface area contributed by atoms with E-state index < -0.39 is 38.5 Å². The van der Waals surface area contributed by atoms with E-state index in [9.17, 15) is 19.2 Å². The predicted octanol–water partition coefficient (Wildman–Crippen LogP) is 6.79. The van der Waals surface area contributed by atoms with Crippen LogP contribution in [0.3, 0.4) is 0 Å². The minimum atomic E-state index is -1.44. The number of benzene rings is 1. The topological polar surface area (TPSA) is 121 Å². The molecule has 0 radical (unpaired) electrons. The fourth-order valence-corrected chi connectivity index (χ4v) is 6.57. The summed E-state index contributed by atoms with van der Waals surface area (Å²) in [7, 11) is 0. The highest BCUT2D eigenvalue weighted by molar-refractivity contribution is 6.41. The first-order valence-electron chi connectivity index (χ1n) is 14.2. The predicted molar refractivity (Wildman–Crippen MR) is 177 cm³/mol. The molecule has 1 fully saturated rings. The Morgan fingerprint density at radius 3 is 2.50 bits per heavy atom. The maximum absolute atomic E-state index is 15.5. The second-order valence-corrected chi connectivity index (χ2v) is 12.4. The number of carbonyl (C=O) groups is 1. The summed E-state index contributed by atoms with van der Waals surface area (Å²) in [4.78, 5) is 39.5. The number of carbonyl (C=O) groups excluding carboxylic acids is 1. The van der Waals surface area contributed by atoms with Crippen molar-refractivity contribution in [1.29, 1.82) is 5.26 Å². The summed E-state index contributed by atoms with van der Waals surface area (Å²) in [6, 6.07) is 4.89. The van der Waals surface area contributed by atoms with E-state index in [1.165, 1.54) is 16.7 Å². The summed E-state index contributed by atoms with van der Waals surface area (Å²) < 4.78 is 31.6. The number of halogens is 5.